The molecule has 4 nitrogen and oxygen atoms in total. The second kappa shape index (κ2) is 8.01. The van der Waals surface area contributed by atoms with Crippen molar-refractivity contribution < 1.29 is 23.0 Å². The van der Waals surface area contributed by atoms with Crippen molar-refractivity contribution in [2.45, 2.75) is 18.9 Å². The highest BCUT2D eigenvalue weighted by molar-refractivity contribution is 5.85. The van der Waals surface area contributed by atoms with Gasteiger partial charge in [-0.15, -0.1) is 12.4 Å². The fourth-order valence-corrected chi connectivity index (χ4v) is 1.71. The maximum atomic E-state index is 12.4. The molecule has 0 unspecified atom stereocenters. The second-order valence-electron chi connectivity index (χ2n) is 3.68. The number of alkyl halides is 2. The number of ether oxygens (including phenoxy) is 3. The molecule has 0 saturated carbocycles. The molecule has 0 spiro atoms. The molecule has 1 atom stereocenters. The van der Waals surface area contributed by atoms with E-state index in [-0.39, 0.29) is 12.4 Å². The molecular formula is C12H18ClF2NO3. The largest absolute Gasteiger partial charge is 0.496 e. The molecule has 1 rings (SSSR count). The Morgan fingerprint density at radius 1 is 1.05 bits per heavy atom. The van der Waals surface area contributed by atoms with Gasteiger partial charge in [0.2, 0.25) is 6.43 Å². The number of hydrogen-bond donors (Lipinski definition) is 1. The normalized spacial score (nSPS) is 11.7. The molecule has 0 bridgehead atoms. The SMILES string of the molecule is COc1cc(OC)c([C@H](N)CC(F)F)c(OC)c1.Cl. The van der Waals surface area contributed by atoms with E-state index in [4.69, 9.17) is 19.9 Å². The molecule has 0 aromatic heterocycles. The first-order valence-corrected chi connectivity index (χ1v) is 5.37. The number of benzene rings is 1. The van der Waals surface area contributed by atoms with Crippen LogP contribution in [0, 0.1) is 0 Å². The molecule has 0 aliphatic carbocycles. The van der Waals surface area contributed by atoms with Gasteiger partial charge in [0.1, 0.15) is 17.2 Å². The van der Waals surface area contributed by atoms with Crippen molar-refractivity contribution in [3.05, 3.63) is 17.7 Å². The van der Waals surface area contributed by atoms with Crippen LogP contribution in [0.1, 0.15) is 18.0 Å². The van der Waals surface area contributed by atoms with Crippen LogP contribution in [0.25, 0.3) is 0 Å². The number of rotatable bonds is 6. The Kier molecular flexibility index (Phi) is 7.48. The third kappa shape index (κ3) is 4.40. The quantitative estimate of drug-likeness (QED) is 0.877. The summed E-state index contributed by atoms with van der Waals surface area (Å²) in [7, 11) is 4.37. The Morgan fingerprint density at radius 2 is 1.53 bits per heavy atom. The molecule has 0 aliphatic rings. The van der Waals surface area contributed by atoms with Crippen LogP contribution in [0.15, 0.2) is 12.1 Å². The summed E-state index contributed by atoms with van der Waals surface area (Å²) in [6, 6.07) is 2.31. The monoisotopic (exact) mass is 297 g/mol. The van der Waals surface area contributed by atoms with E-state index in [1.165, 1.54) is 21.3 Å². The van der Waals surface area contributed by atoms with Gasteiger partial charge in [-0.2, -0.15) is 0 Å². The fourth-order valence-electron chi connectivity index (χ4n) is 1.71. The van der Waals surface area contributed by atoms with Gasteiger partial charge >= 0.3 is 0 Å². The van der Waals surface area contributed by atoms with Crippen molar-refractivity contribution in [1.82, 2.24) is 0 Å². The Hall–Kier alpha value is -1.27. The Labute approximate surface area is 117 Å². The van der Waals surface area contributed by atoms with E-state index in [1.54, 1.807) is 12.1 Å². The first-order chi connectivity index (χ1) is 8.53. The molecule has 1 aromatic rings. The van der Waals surface area contributed by atoms with Crippen molar-refractivity contribution in [3.63, 3.8) is 0 Å². The predicted octanol–water partition coefficient (Wildman–Crippen LogP) is 2.79. The van der Waals surface area contributed by atoms with Gasteiger partial charge in [0.05, 0.1) is 26.9 Å². The number of halogens is 3. The van der Waals surface area contributed by atoms with Crippen LogP contribution >= 0.6 is 12.4 Å². The van der Waals surface area contributed by atoms with Crippen molar-refractivity contribution >= 4 is 12.4 Å². The molecule has 0 radical (unpaired) electrons. The lowest BCUT2D eigenvalue weighted by Crippen LogP contribution is -2.16. The predicted molar refractivity (Wildman–Crippen MR) is 70.9 cm³/mol. The summed E-state index contributed by atoms with van der Waals surface area (Å²) in [4.78, 5) is 0. The number of nitrogens with two attached hydrogens (primary N) is 1. The first kappa shape index (κ1) is 17.7. The minimum absolute atomic E-state index is 0. The zero-order chi connectivity index (χ0) is 13.7. The maximum absolute atomic E-state index is 12.4. The Bertz CT molecular complexity index is 380. The third-order valence-corrected chi connectivity index (χ3v) is 2.56. The third-order valence-electron chi connectivity index (χ3n) is 2.56. The summed E-state index contributed by atoms with van der Waals surface area (Å²) in [5.41, 5.74) is 6.18. The lowest BCUT2D eigenvalue weighted by Gasteiger charge is -2.19. The molecule has 2 N–H and O–H groups in total. The average molecular weight is 298 g/mol. The summed E-state index contributed by atoms with van der Waals surface area (Å²) in [6.07, 6.45) is -2.95. The van der Waals surface area contributed by atoms with Crippen LogP contribution in [0.5, 0.6) is 17.2 Å². The van der Waals surface area contributed by atoms with Crippen LogP contribution in [-0.2, 0) is 0 Å². The zero-order valence-electron chi connectivity index (χ0n) is 11.0. The van der Waals surface area contributed by atoms with E-state index in [1.807, 2.05) is 0 Å². The molecule has 0 amide bonds. The molecule has 110 valence electrons. The molecule has 7 heteroatoms. The van der Waals surface area contributed by atoms with Crippen molar-refractivity contribution in [2.24, 2.45) is 5.73 Å². The average Bonchev–Trinajstić information content (AvgIpc) is 2.35. The molecule has 1 aromatic carbocycles. The molecule has 19 heavy (non-hydrogen) atoms. The van der Waals surface area contributed by atoms with E-state index in [2.05, 4.69) is 0 Å². The smallest absolute Gasteiger partial charge is 0.240 e. The zero-order valence-corrected chi connectivity index (χ0v) is 11.8. The van der Waals surface area contributed by atoms with E-state index in [9.17, 15) is 8.78 Å². The van der Waals surface area contributed by atoms with Crippen molar-refractivity contribution in [3.8, 4) is 17.2 Å². The van der Waals surface area contributed by atoms with Gasteiger partial charge in [0, 0.05) is 24.6 Å². The Balaban J connectivity index is 0.00000324. The first-order valence-electron chi connectivity index (χ1n) is 5.37. The lowest BCUT2D eigenvalue weighted by atomic mass is 10.0. The minimum atomic E-state index is -2.49. The van der Waals surface area contributed by atoms with Gasteiger partial charge in [-0.3, -0.25) is 0 Å². The number of methoxy groups -OCH3 is 3. The van der Waals surface area contributed by atoms with Crippen LogP contribution < -0.4 is 19.9 Å². The minimum Gasteiger partial charge on any atom is -0.496 e. The van der Waals surface area contributed by atoms with Gasteiger partial charge in [0.25, 0.3) is 0 Å². The molecule has 0 fully saturated rings. The van der Waals surface area contributed by atoms with Gasteiger partial charge in [-0.05, 0) is 0 Å². The van der Waals surface area contributed by atoms with E-state index < -0.39 is 18.9 Å². The molecule has 0 heterocycles. The van der Waals surface area contributed by atoms with Gasteiger partial charge in [-0.1, -0.05) is 0 Å². The highest BCUT2D eigenvalue weighted by atomic mass is 35.5. The van der Waals surface area contributed by atoms with E-state index >= 15 is 0 Å². The highest BCUT2D eigenvalue weighted by Gasteiger charge is 2.22. The van der Waals surface area contributed by atoms with E-state index in [0.717, 1.165) is 0 Å². The number of hydrogen-bond acceptors (Lipinski definition) is 4. The topological polar surface area (TPSA) is 53.7 Å². The van der Waals surface area contributed by atoms with Crippen molar-refractivity contribution in [1.29, 1.82) is 0 Å². The second-order valence-corrected chi connectivity index (χ2v) is 3.68. The summed E-state index contributed by atoms with van der Waals surface area (Å²) in [6.45, 7) is 0. The summed E-state index contributed by atoms with van der Waals surface area (Å²) in [5.74, 6) is 1.26. The standard InChI is InChI=1S/C12H17F2NO3.ClH/c1-16-7-4-9(17-2)12(10(5-7)18-3)8(15)6-11(13)14;/h4-5,8,11H,6,15H2,1-3H3;1H/t8-;/m1./s1. The van der Waals surface area contributed by atoms with E-state index in [0.29, 0.717) is 22.8 Å². The van der Waals surface area contributed by atoms with Gasteiger partial charge in [0.15, 0.2) is 0 Å². The van der Waals surface area contributed by atoms with Crippen LogP contribution in [0.3, 0.4) is 0 Å². The lowest BCUT2D eigenvalue weighted by molar-refractivity contribution is 0.127. The molecule has 0 aliphatic heterocycles. The molecule has 0 saturated heterocycles. The van der Waals surface area contributed by atoms with Crippen LogP contribution in [0.4, 0.5) is 8.78 Å². The summed E-state index contributed by atoms with van der Waals surface area (Å²) >= 11 is 0. The molecular weight excluding hydrogens is 280 g/mol. The summed E-state index contributed by atoms with van der Waals surface area (Å²) < 4.78 is 40.2. The van der Waals surface area contributed by atoms with Gasteiger partial charge < -0.3 is 19.9 Å². The summed E-state index contributed by atoms with van der Waals surface area (Å²) in [5, 5.41) is 0. The fraction of sp³-hybridized carbons (Fsp3) is 0.500. The van der Waals surface area contributed by atoms with Crippen LogP contribution in [0.2, 0.25) is 0 Å². The van der Waals surface area contributed by atoms with Crippen LogP contribution in [-0.4, -0.2) is 27.8 Å². The maximum Gasteiger partial charge on any atom is 0.240 e. The Morgan fingerprint density at radius 3 is 1.84 bits per heavy atom. The van der Waals surface area contributed by atoms with Gasteiger partial charge in [-0.25, -0.2) is 8.78 Å². The highest BCUT2D eigenvalue weighted by Crippen LogP contribution is 2.39. The van der Waals surface area contributed by atoms with Crippen molar-refractivity contribution in [2.75, 3.05) is 21.3 Å².